The Labute approximate surface area is 159 Å². The SMILES string of the molecule is COc1ccc(OC(=O)c2ccc(OCCCCCCOC=O)cc2)cc1. The molecule has 0 aliphatic rings. The molecule has 0 spiro atoms. The number of esters is 1. The molecule has 0 fully saturated rings. The highest BCUT2D eigenvalue weighted by Crippen LogP contribution is 2.19. The molecule has 0 aromatic heterocycles. The second-order valence-electron chi connectivity index (χ2n) is 5.82. The molecule has 0 saturated heterocycles. The quantitative estimate of drug-likeness (QED) is 0.242. The molecule has 0 radical (unpaired) electrons. The van der Waals surface area contributed by atoms with Crippen LogP contribution in [0, 0.1) is 0 Å². The van der Waals surface area contributed by atoms with Crippen molar-refractivity contribution in [2.45, 2.75) is 25.7 Å². The van der Waals surface area contributed by atoms with E-state index in [0.717, 1.165) is 25.7 Å². The molecule has 6 nitrogen and oxygen atoms in total. The highest BCUT2D eigenvalue weighted by atomic mass is 16.5. The smallest absolute Gasteiger partial charge is 0.343 e. The molecule has 0 saturated carbocycles. The van der Waals surface area contributed by atoms with E-state index in [2.05, 4.69) is 4.74 Å². The lowest BCUT2D eigenvalue weighted by Gasteiger charge is -2.08. The van der Waals surface area contributed by atoms with Crippen molar-refractivity contribution in [2.24, 2.45) is 0 Å². The second-order valence-corrected chi connectivity index (χ2v) is 5.82. The van der Waals surface area contributed by atoms with E-state index in [0.29, 0.717) is 42.5 Å². The molecule has 144 valence electrons. The summed E-state index contributed by atoms with van der Waals surface area (Å²) in [7, 11) is 1.58. The molecule has 2 aromatic carbocycles. The largest absolute Gasteiger partial charge is 0.497 e. The van der Waals surface area contributed by atoms with Crippen molar-refractivity contribution in [1.29, 1.82) is 0 Å². The Hall–Kier alpha value is -3.02. The number of unbranched alkanes of at least 4 members (excludes halogenated alkanes) is 3. The van der Waals surface area contributed by atoms with Crippen molar-refractivity contribution in [3.8, 4) is 17.2 Å². The van der Waals surface area contributed by atoms with Gasteiger partial charge in [-0.05, 0) is 74.2 Å². The van der Waals surface area contributed by atoms with Crippen molar-refractivity contribution < 1.29 is 28.5 Å². The normalized spacial score (nSPS) is 10.1. The third kappa shape index (κ3) is 7.40. The Kier molecular flexibility index (Phi) is 8.69. The Morgan fingerprint density at radius 3 is 2.04 bits per heavy atom. The maximum Gasteiger partial charge on any atom is 0.343 e. The van der Waals surface area contributed by atoms with E-state index < -0.39 is 5.97 Å². The van der Waals surface area contributed by atoms with E-state index in [-0.39, 0.29) is 0 Å². The van der Waals surface area contributed by atoms with Gasteiger partial charge in [0, 0.05) is 0 Å². The zero-order valence-electron chi connectivity index (χ0n) is 15.4. The number of carbonyl (C=O) groups is 2. The molecule has 0 amide bonds. The second kappa shape index (κ2) is 11.6. The minimum Gasteiger partial charge on any atom is -0.497 e. The number of ether oxygens (including phenoxy) is 4. The molecule has 0 atom stereocenters. The number of rotatable bonds is 12. The minimum atomic E-state index is -0.427. The van der Waals surface area contributed by atoms with E-state index in [1.165, 1.54) is 0 Å². The zero-order valence-corrected chi connectivity index (χ0v) is 15.4. The van der Waals surface area contributed by atoms with Gasteiger partial charge in [0.2, 0.25) is 0 Å². The van der Waals surface area contributed by atoms with Crippen LogP contribution < -0.4 is 14.2 Å². The van der Waals surface area contributed by atoms with Gasteiger partial charge in [0.1, 0.15) is 17.2 Å². The molecule has 6 heteroatoms. The van der Waals surface area contributed by atoms with Crippen molar-refractivity contribution in [3.63, 3.8) is 0 Å². The number of hydrogen-bond acceptors (Lipinski definition) is 6. The molecule has 0 N–H and O–H groups in total. The minimum absolute atomic E-state index is 0.427. The first-order valence-electron chi connectivity index (χ1n) is 8.87. The molecule has 0 heterocycles. The summed E-state index contributed by atoms with van der Waals surface area (Å²) in [5.74, 6) is 1.44. The summed E-state index contributed by atoms with van der Waals surface area (Å²) in [6.07, 6.45) is 3.79. The van der Waals surface area contributed by atoms with Crippen LogP contribution in [0.3, 0.4) is 0 Å². The molecule has 0 unspecified atom stereocenters. The fourth-order valence-electron chi connectivity index (χ4n) is 2.38. The van der Waals surface area contributed by atoms with Gasteiger partial charge in [-0.1, -0.05) is 0 Å². The third-order valence-electron chi connectivity index (χ3n) is 3.85. The van der Waals surface area contributed by atoms with Crippen LogP contribution in [0.2, 0.25) is 0 Å². The van der Waals surface area contributed by atoms with Crippen LogP contribution in [0.1, 0.15) is 36.0 Å². The van der Waals surface area contributed by atoms with Gasteiger partial charge in [0.15, 0.2) is 0 Å². The fourth-order valence-corrected chi connectivity index (χ4v) is 2.38. The Morgan fingerprint density at radius 1 is 0.815 bits per heavy atom. The first-order chi connectivity index (χ1) is 13.2. The van der Waals surface area contributed by atoms with Crippen LogP contribution in [0.25, 0.3) is 0 Å². The van der Waals surface area contributed by atoms with Crippen LogP contribution >= 0.6 is 0 Å². The van der Waals surface area contributed by atoms with Crippen molar-refractivity contribution in [2.75, 3.05) is 20.3 Å². The van der Waals surface area contributed by atoms with Gasteiger partial charge in [-0.2, -0.15) is 0 Å². The maximum atomic E-state index is 12.2. The zero-order chi connectivity index (χ0) is 19.3. The van der Waals surface area contributed by atoms with Crippen LogP contribution in [0.5, 0.6) is 17.2 Å². The van der Waals surface area contributed by atoms with Gasteiger partial charge >= 0.3 is 5.97 Å². The molecule has 2 aromatic rings. The summed E-state index contributed by atoms with van der Waals surface area (Å²) in [6.45, 7) is 1.54. The third-order valence-corrected chi connectivity index (χ3v) is 3.85. The summed E-state index contributed by atoms with van der Waals surface area (Å²) in [4.78, 5) is 22.2. The molecule has 0 aliphatic carbocycles. The van der Waals surface area contributed by atoms with Crippen molar-refractivity contribution >= 4 is 12.4 Å². The Balaban J connectivity index is 1.70. The Morgan fingerprint density at radius 2 is 1.41 bits per heavy atom. The van der Waals surface area contributed by atoms with E-state index >= 15 is 0 Å². The van der Waals surface area contributed by atoms with E-state index in [4.69, 9.17) is 14.2 Å². The van der Waals surface area contributed by atoms with Gasteiger partial charge in [-0.15, -0.1) is 0 Å². The monoisotopic (exact) mass is 372 g/mol. The summed E-state index contributed by atoms with van der Waals surface area (Å²) in [5.41, 5.74) is 0.452. The van der Waals surface area contributed by atoms with Crippen LogP contribution in [0.4, 0.5) is 0 Å². The summed E-state index contributed by atoms with van der Waals surface area (Å²) in [6, 6.07) is 13.7. The van der Waals surface area contributed by atoms with E-state index in [1.54, 1.807) is 55.6 Å². The number of methoxy groups -OCH3 is 1. The predicted molar refractivity (Wildman–Crippen MR) is 100 cm³/mol. The van der Waals surface area contributed by atoms with Crippen LogP contribution in [0.15, 0.2) is 48.5 Å². The molecular formula is C21H24O6. The number of hydrogen-bond donors (Lipinski definition) is 0. The van der Waals surface area contributed by atoms with E-state index in [1.807, 2.05) is 0 Å². The Bertz CT molecular complexity index is 694. The fraction of sp³-hybridized carbons (Fsp3) is 0.333. The standard InChI is InChI=1S/C21H24O6/c1-24-18-10-12-20(13-11-18)27-21(23)17-6-8-19(9-7-17)26-15-5-3-2-4-14-25-16-22/h6-13,16H,2-5,14-15H2,1H3. The lowest BCUT2D eigenvalue weighted by molar-refractivity contribution is -0.128. The number of benzene rings is 2. The van der Waals surface area contributed by atoms with Crippen molar-refractivity contribution in [3.05, 3.63) is 54.1 Å². The molecule has 27 heavy (non-hydrogen) atoms. The number of carbonyl (C=O) groups excluding carboxylic acids is 2. The maximum absolute atomic E-state index is 12.2. The first kappa shape index (κ1) is 20.3. The van der Waals surface area contributed by atoms with Gasteiger partial charge in [0.25, 0.3) is 6.47 Å². The lowest BCUT2D eigenvalue weighted by atomic mass is 10.2. The predicted octanol–water partition coefficient (Wildman–Crippen LogP) is 4.03. The summed E-state index contributed by atoms with van der Waals surface area (Å²) in [5, 5.41) is 0. The van der Waals surface area contributed by atoms with Crippen LogP contribution in [-0.4, -0.2) is 32.8 Å². The highest BCUT2D eigenvalue weighted by Gasteiger charge is 2.09. The highest BCUT2D eigenvalue weighted by molar-refractivity contribution is 5.91. The average Bonchev–Trinajstić information content (AvgIpc) is 2.71. The van der Waals surface area contributed by atoms with Gasteiger partial charge in [-0.3, -0.25) is 4.79 Å². The van der Waals surface area contributed by atoms with Crippen molar-refractivity contribution in [1.82, 2.24) is 0 Å². The molecular weight excluding hydrogens is 348 g/mol. The topological polar surface area (TPSA) is 71.1 Å². The van der Waals surface area contributed by atoms with Gasteiger partial charge in [0.05, 0.1) is 25.9 Å². The van der Waals surface area contributed by atoms with E-state index in [9.17, 15) is 9.59 Å². The lowest BCUT2D eigenvalue weighted by Crippen LogP contribution is -2.08. The average molecular weight is 372 g/mol. The first-order valence-corrected chi connectivity index (χ1v) is 8.87. The molecule has 0 bridgehead atoms. The van der Waals surface area contributed by atoms with Gasteiger partial charge < -0.3 is 18.9 Å². The van der Waals surface area contributed by atoms with Gasteiger partial charge in [-0.25, -0.2) is 4.79 Å². The summed E-state index contributed by atoms with van der Waals surface area (Å²) < 4.78 is 20.7. The molecule has 0 aliphatic heterocycles. The molecule has 2 rings (SSSR count). The summed E-state index contributed by atoms with van der Waals surface area (Å²) >= 11 is 0. The van der Waals surface area contributed by atoms with Crippen LogP contribution in [-0.2, 0) is 9.53 Å².